The Morgan fingerprint density at radius 3 is 2.78 bits per heavy atom. The van der Waals surface area contributed by atoms with E-state index in [9.17, 15) is 4.79 Å². The predicted molar refractivity (Wildman–Crippen MR) is 109 cm³/mol. The first kappa shape index (κ1) is 19.9. The molecule has 2 N–H and O–H groups in total. The second-order valence-electron chi connectivity index (χ2n) is 7.17. The number of rotatable bonds is 5. The highest BCUT2D eigenvalue weighted by molar-refractivity contribution is 5.94. The number of hydrogen-bond acceptors (Lipinski definition) is 4. The molecule has 1 aromatic heterocycles. The number of carbonyl (C=O) groups excluding carboxylic acids is 1. The molecule has 0 atom stereocenters. The van der Waals surface area contributed by atoms with Crippen molar-refractivity contribution in [2.45, 2.75) is 26.2 Å². The molecule has 146 valence electrons. The first-order valence-corrected chi connectivity index (χ1v) is 9.62. The van der Waals surface area contributed by atoms with Crippen molar-refractivity contribution in [3.05, 3.63) is 46.8 Å². The number of halogens is 1. The van der Waals surface area contributed by atoms with Crippen LogP contribution in [0.3, 0.4) is 0 Å². The maximum Gasteiger partial charge on any atom is 0.272 e. The minimum atomic E-state index is -0.0365. The van der Waals surface area contributed by atoms with Crippen LogP contribution in [0.4, 0.5) is 0 Å². The van der Waals surface area contributed by atoms with Crippen molar-refractivity contribution < 1.29 is 4.79 Å². The number of fused-ring (bicyclic) bond motifs is 1. The van der Waals surface area contributed by atoms with E-state index >= 15 is 0 Å². The Kier molecular flexibility index (Phi) is 6.52. The molecule has 27 heavy (non-hydrogen) atoms. The van der Waals surface area contributed by atoms with E-state index < -0.39 is 0 Å². The topological polar surface area (TPSA) is 62.2 Å². The summed E-state index contributed by atoms with van der Waals surface area (Å²) in [5, 5.41) is 11.1. The SMILES string of the molecule is Cc1ccccc1-n1nc(C(=O)NCCN2CCNCC2)c2c1CCC2.Cl. The van der Waals surface area contributed by atoms with Crippen molar-refractivity contribution in [3.63, 3.8) is 0 Å². The molecule has 7 heteroatoms. The highest BCUT2D eigenvalue weighted by atomic mass is 35.5. The van der Waals surface area contributed by atoms with Crippen LogP contribution in [-0.2, 0) is 12.8 Å². The van der Waals surface area contributed by atoms with E-state index in [1.807, 2.05) is 16.8 Å². The fourth-order valence-corrected chi connectivity index (χ4v) is 3.97. The van der Waals surface area contributed by atoms with Gasteiger partial charge in [0.1, 0.15) is 0 Å². The fraction of sp³-hybridized carbons (Fsp3) is 0.500. The number of nitrogens with zero attached hydrogens (tertiary/aromatic N) is 3. The number of amides is 1. The second-order valence-corrected chi connectivity index (χ2v) is 7.17. The third-order valence-corrected chi connectivity index (χ3v) is 5.41. The molecule has 1 aliphatic heterocycles. The van der Waals surface area contributed by atoms with Crippen LogP contribution in [0.5, 0.6) is 0 Å². The minimum absolute atomic E-state index is 0. The van der Waals surface area contributed by atoms with E-state index in [-0.39, 0.29) is 18.3 Å². The molecule has 2 aliphatic rings. The fourth-order valence-electron chi connectivity index (χ4n) is 3.97. The normalized spacial score (nSPS) is 16.6. The summed E-state index contributed by atoms with van der Waals surface area (Å²) in [7, 11) is 0. The van der Waals surface area contributed by atoms with Crippen molar-refractivity contribution in [2.75, 3.05) is 39.3 Å². The second kappa shape index (κ2) is 8.87. The lowest BCUT2D eigenvalue weighted by atomic mass is 10.2. The highest BCUT2D eigenvalue weighted by Crippen LogP contribution is 2.28. The number of carbonyl (C=O) groups is 1. The van der Waals surface area contributed by atoms with Crippen molar-refractivity contribution in [1.29, 1.82) is 0 Å². The van der Waals surface area contributed by atoms with E-state index in [0.29, 0.717) is 12.2 Å². The molecule has 0 spiro atoms. The maximum atomic E-state index is 12.8. The summed E-state index contributed by atoms with van der Waals surface area (Å²) >= 11 is 0. The van der Waals surface area contributed by atoms with Gasteiger partial charge in [-0.05, 0) is 37.8 Å². The van der Waals surface area contributed by atoms with Gasteiger partial charge in [0.2, 0.25) is 0 Å². The summed E-state index contributed by atoms with van der Waals surface area (Å²) in [6.45, 7) is 7.81. The quantitative estimate of drug-likeness (QED) is 0.817. The zero-order valence-electron chi connectivity index (χ0n) is 15.8. The van der Waals surface area contributed by atoms with Gasteiger partial charge in [0.25, 0.3) is 5.91 Å². The van der Waals surface area contributed by atoms with Gasteiger partial charge in [-0.2, -0.15) is 5.10 Å². The molecule has 1 aromatic carbocycles. The van der Waals surface area contributed by atoms with Crippen LogP contribution < -0.4 is 10.6 Å². The molecule has 1 saturated heterocycles. The number of piperazine rings is 1. The summed E-state index contributed by atoms with van der Waals surface area (Å²) < 4.78 is 1.99. The molecule has 4 rings (SSSR count). The van der Waals surface area contributed by atoms with Crippen LogP contribution in [-0.4, -0.2) is 59.9 Å². The van der Waals surface area contributed by atoms with E-state index in [2.05, 4.69) is 34.6 Å². The molecular formula is C20H28ClN5O. The van der Waals surface area contributed by atoms with Gasteiger partial charge >= 0.3 is 0 Å². The average Bonchev–Trinajstić information content (AvgIpc) is 3.26. The third kappa shape index (κ3) is 4.18. The predicted octanol–water partition coefficient (Wildman–Crippen LogP) is 1.73. The van der Waals surface area contributed by atoms with Crippen LogP contribution in [0.2, 0.25) is 0 Å². The number of nitrogens with one attached hydrogen (secondary N) is 2. The number of para-hydroxylation sites is 1. The van der Waals surface area contributed by atoms with Gasteiger partial charge in [-0.1, -0.05) is 18.2 Å². The summed E-state index contributed by atoms with van der Waals surface area (Å²) in [6.07, 6.45) is 3.03. The lowest BCUT2D eigenvalue weighted by molar-refractivity contribution is 0.0941. The lowest BCUT2D eigenvalue weighted by Crippen LogP contribution is -2.46. The van der Waals surface area contributed by atoms with Crippen LogP contribution >= 0.6 is 12.4 Å². The van der Waals surface area contributed by atoms with Gasteiger partial charge < -0.3 is 10.6 Å². The molecule has 2 aromatic rings. The van der Waals surface area contributed by atoms with Gasteiger partial charge in [-0.25, -0.2) is 4.68 Å². The van der Waals surface area contributed by atoms with Crippen molar-refractivity contribution >= 4 is 18.3 Å². The standard InChI is InChI=1S/C20H27N5O.ClH/c1-15-5-2-3-7-17(15)25-18-8-4-6-16(18)19(23-25)20(26)22-11-14-24-12-9-21-10-13-24;/h2-3,5,7,21H,4,6,8-14H2,1H3,(H,22,26);1H. The van der Waals surface area contributed by atoms with Gasteiger partial charge in [0, 0.05) is 50.5 Å². The highest BCUT2D eigenvalue weighted by Gasteiger charge is 2.27. The molecule has 1 fully saturated rings. The Bertz CT molecular complexity index is 798. The number of aryl methyl sites for hydroxylation is 1. The molecule has 6 nitrogen and oxygen atoms in total. The molecule has 1 amide bonds. The Morgan fingerprint density at radius 1 is 1.22 bits per heavy atom. The lowest BCUT2D eigenvalue weighted by Gasteiger charge is -2.27. The first-order chi connectivity index (χ1) is 12.7. The van der Waals surface area contributed by atoms with Gasteiger partial charge in [0.15, 0.2) is 5.69 Å². The Balaban J connectivity index is 0.00000210. The number of benzene rings is 1. The van der Waals surface area contributed by atoms with Crippen molar-refractivity contribution in [2.24, 2.45) is 0 Å². The summed E-state index contributed by atoms with van der Waals surface area (Å²) in [5.41, 5.74) is 5.20. The zero-order valence-corrected chi connectivity index (χ0v) is 16.6. The van der Waals surface area contributed by atoms with Crippen LogP contribution in [0.1, 0.15) is 33.7 Å². The van der Waals surface area contributed by atoms with Crippen LogP contribution in [0.15, 0.2) is 24.3 Å². The van der Waals surface area contributed by atoms with Gasteiger partial charge in [0.05, 0.1) is 5.69 Å². The van der Waals surface area contributed by atoms with E-state index in [4.69, 9.17) is 5.10 Å². The first-order valence-electron chi connectivity index (χ1n) is 9.62. The number of hydrogen-bond donors (Lipinski definition) is 2. The van der Waals surface area contributed by atoms with Crippen molar-refractivity contribution in [3.8, 4) is 5.69 Å². The summed E-state index contributed by atoms with van der Waals surface area (Å²) in [4.78, 5) is 15.1. The molecule has 1 aliphatic carbocycles. The zero-order chi connectivity index (χ0) is 17.9. The Hall–Kier alpha value is -1.89. The molecule has 0 unspecified atom stereocenters. The molecular weight excluding hydrogens is 362 g/mol. The maximum absolute atomic E-state index is 12.8. The molecule has 0 bridgehead atoms. The Morgan fingerprint density at radius 2 is 2.00 bits per heavy atom. The largest absolute Gasteiger partial charge is 0.349 e. The molecule has 2 heterocycles. The summed E-state index contributed by atoms with van der Waals surface area (Å²) in [6, 6.07) is 8.23. The van der Waals surface area contributed by atoms with Gasteiger partial charge in [-0.15, -0.1) is 12.4 Å². The third-order valence-electron chi connectivity index (χ3n) is 5.41. The van der Waals surface area contributed by atoms with Crippen LogP contribution in [0.25, 0.3) is 5.69 Å². The Labute approximate surface area is 166 Å². The monoisotopic (exact) mass is 389 g/mol. The van der Waals surface area contributed by atoms with E-state index in [0.717, 1.165) is 63.2 Å². The summed E-state index contributed by atoms with van der Waals surface area (Å²) in [5.74, 6) is -0.0365. The molecule has 0 saturated carbocycles. The number of aromatic nitrogens is 2. The van der Waals surface area contributed by atoms with E-state index in [1.165, 1.54) is 11.3 Å². The minimum Gasteiger partial charge on any atom is -0.349 e. The molecule has 0 radical (unpaired) electrons. The van der Waals surface area contributed by atoms with Crippen LogP contribution in [0, 0.1) is 6.92 Å². The van der Waals surface area contributed by atoms with Crippen molar-refractivity contribution in [1.82, 2.24) is 25.3 Å². The van der Waals surface area contributed by atoms with E-state index in [1.54, 1.807) is 0 Å². The van der Waals surface area contributed by atoms with Gasteiger partial charge in [-0.3, -0.25) is 9.69 Å². The smallest absolute Gasteiger partial charge is 0.272 e. The average molecular weight is 390 g/mol.